The Labute approximate surface area is 284 Å². The van der Waals surface area contributed by atoms with Crippen LogP contribution in [-0.2, 0) is 24.6 Å². The van der Waals surface area contributed by atoms with Crippen molar-refractivity contribution in [2.24, 2.45) is 12.5 Å². The van der Waals surface area contributed by atoms with Crippen molar-refractivity contribution >= 4 is 22.7 Å². The Bertz CT molecular complexity index is 2170. The number of hydrogen-bond donors (Lipinski definition) is 2. The zero-order valence-corrected chi connectivity index (χ0v) is 28.4. The molecule has 1 aliphatic carbocycles. The van der Waals surface area contributed by atoms with E-state index >= 15 is 0 Å². The van der Waals surface area contributed by atoms with Crippen LogP contribution in [0.1, 0.15) is 43.7 Å². The van der Waals surface area contributed by atoms with E-state index in [-0.39, 0.29) is 16.5 Å². The highest BCUT2D eigenvalue weighted by atomic mass is 16.5. The number of ether oxygens (including phenoxy) is 1. The van der Waals surface area contributed by atoms with Crippen molar-refractivity contribution in [1.82, 2.24) is 28.4 Å². The van der Waals surface area contributed by atoms with Crippen molar-refractivity contribution in [1.29, 1.82) is 0 Å². The lowest BCUT2D eigenvalue weighted by molar-refractivity contribution is -0.0660. The minimum absolute atomic E-state index is 0.167. The van der Waals surface area contributed by atoms with Gasteiger partial charge in [-0.05, 0) is 66.6 Å². The van der Waals surface area contributed by atoms with Gasteiger partial charge in [-0.15, -0.1) is 0 Å². The topological polar surface area (TPSA) is 122 Å². The van der Waals surface area contributed by atoms with Gasteiger partial charge < -0.3 is 29.0 Å². The second-order valence-corrected chi connectivity index (χ2v) is 14.4. The first-order valence-electron chi connectivity index (χ1n) is 17.0. The molecule has 2 fully saturated rings. The van der Waals surface area contributed by atoms with Gasteiger partial charge in [-0.1, -0.05) is 13.8 Å². The van der Waals surface area contributed by atoms with E-state index in [1.165, 1.54) is 20.4 Å². The van der Waals surface area contributed by atoms with Crippen LogP contribution in [0.3, 0.4) is 0 Å². The van der Waals surface area contributed by atoms with Crippen molar-refractivity contribution in [2.75, 3.05) is 49.6 Å². The molecule has 5 aromatic rings. The van der Waals surface area contributed by atoms with E-state index in [9.17, 15) is 14.7 Å². The Hall–Kier alpha value is -4.78. The molecule has 1 atom stereocenters. The van der Waals surface area contributed by atoms with Gasteiger partial charge >= 0.3 is 0 Å². The molecule has 1 unspecified atom stereocenters. The van der Waals surface area contributed by atoms with Crippen LogP contribution in [-0.4, -0.2) is 78.9 Å². The monoisotopic (exact) mass is 662 g/mol. The van der Waals surface area contributed by atoms with E-state index < -0.39 is 6.10 Å². The van der Waals surface area contributed by atoms with Gasteiger partial charge in [0.25, 0.3) is 11.1 Å². The number of aromatic nitrogens is 5. The Balaban J connectivity index is 1.09. The first kappa shape index (κ1) is 31.5. The van der Waals surface area contributed by atoms with Crippen LogP contribution < -0.4 is 21.3 Å². The lowest BCUT2D eigenvalue weighted by Crippen LogP contribution is -2.56. The fraction of sp³-hybridized carbons (Fsp3) is 0.405. The van der Waals surface area contributed by atoms with Gasteiger partial charge in [0.15, 0.2) is 0 Å². The summed E-state index contributed by atoms with van der Waals surface area (Å²) < 4.78 is 10.4. The number of pyridine rings is 3. The predicted molar refractivity (Wildman–Crippen MR) is 189 cm³/mol. The van der Waals surface area contributed by atoms with Crippen molar-refractivity contribution in [3.63, 3.8) is 0 Å². The van der Waals surface area contributed by atoms with Gasteiger partial charge in [-0.2, -0.15) is 0 Å². The highest BCUT2D eigenvalue weighted by Crippen LogP contribution is 2.38. The number of nitrogens with zero attached hydrogens (tertiary/aromatic N) is 7. The molecule has 0 amide bonds. The number of anilines is 3. The summed E-state index contributed by atoms with van der Waals surface area (Å²) in [7, 11) is 1.69. The molecular weight excluding hydrogens is 620 g/mol. The molecule has 5 aromatic heterocycles. The number of nitrogens with one attached hydrogen (secondary N) is 1. The third-order valence-corrected chi connectivity index (χ3v) is 10.3. The van der Waals surface area contributed by atoms with E-state index in [4.69, 9.17) is 4.74 Å². The molecule has 0 radical (unpaired) electrons. The van der Waals surface area contributed by atoms with Gasteiger partial charge in [0.1, 0.15) is 22.8 Å². The van der Waals surface area contributed by atoms with E-state index in [0.29, 0.717) is 45.6 Å². The summed E-state index contributed by atoms with van der Waals surface area (Å²) in [6.07, 6.45) is 9.72. The molecule has 2 aliphatic heterocycles. The van der Waals surface area contributed by atoms with Gasteiger partial charge in [0.05, 0.1) is 37.2 Å². The molecule has 0 saturated carbocycles. The smallest absolute Gasteiger partial charge is 0.280 e. The van der Waals surface area contributed by atoms with Crippen LogP contribution in [0, 0.1) is 5.41 Å². The molecule has 2 saturated heterocycles. The van der Waals surface area contributed by atoms with Crippen LogP contribution >= 0.6 is 0 Å². The van der Waals surface area contributed by atoms with Crippen molar-refractivity contribution in [3.8, 4) is 16.9 Å². The molecule has 2 N–H and O–H groups in total. The molecule has 12 heteroatoms. The first-order valence-corrected chi connectivity index (χ1v) is 17.0. The number of piperazine rings is 1. The van der Waals surface area contributed by atoms with Crippen LogP contribution in [0.5, 0.6) is 0 Å². The third kappa shape index (κ3) is 5.63. The number of fused-ring (bicyclic) bond motifs is 3. The van der Waals surface area contributed by atoms with Crippen molar-refractivity contribution < 1.29 is 9.84 Å². The molecule has 12 nitrogen and oxygen atoms in total. The first-order chi connectivity index (χ1) is 23.6. The lowest BCUT2D eigenvalue weighted by Gasteiger charge is -2.43. The maximum atomic E-state index is 13.9. The molecule has 0 aromatic carbocycles. The molecule has 7 heterocycles. The number of aliphatic hydroxyl groups is 1. The quantitative estimate of drug-likeness (QED) is 0.269. The Morgan fingerprint density at radius 3 is 2.49 bits per heavy atom. The van der Waals surface area contributed by atoms with Crippen LogP contribution in [0.25, 0.3) is 22.5 Å². The van der Waals surface area contributed by atoms with E-state index in [2.05, 4.69) is 38.9 Å². The van der Waals surface area contributed by atoms with E-state index in [1.807, 2.05) is 35.0 Å². The number of rotatable bonds is 7. The summed E-state index contributed by atoms with van der Waals surface area (Å²) in [6.45, 7) is 11.7. The maximum absolute atomic E-state index is 13.9. The second-order valence-electron chi connectivity index (χ2n) is 14.4. The van der Waals surface area contributed by atoms with Crippen molar-refractivity contribution in [3.05, 3.63) is 98.8 Å². The van der Waals surface area contributed by atoms with E-state index in [0.717, 1.165) is 57.9 Å². The van der Waals surface area contributed by atoms with Gasteiger partial charge in [0, 0.05) is 74.8 Å². The molecule has 0 spiro atoms. The van der Waals surface area contributed by atoms with Crippen molar-refractivity contribution in [2.45, 2.75) is 45.8 Å². The van der Waals surface area contributed by atoms with E-state index in [1.54, 1.807) is 44.7 Å². The van der Waals surface area contributed by atoms with Crippen LogP contribution in [0.4, 0.5) is 17.2 Å². The van der Waals surface area contributed by atoms with Gasteiger partial charge in [-0.25, -0.2) is 9.97 Å². The number of aryl methyl sites for hydroxylation is 1. The summed E-state index contributed by atoms with van der Waals surface area (Å²) in [6, 6.07) is 10.0. The highest BCUT2D eigenvalue weighted by molar-refractivity contribution is 5.74. The summed E-state index contributed by atoms with van der Waals surface area (Å²) >= 11 is 0. The lowest BCUT2D eigenvalue weighted by atomic mass is 9.90. The second kappa shape index (κ2) is 12.0. The average molecular weight is 663 g/mol. The summed E-state index contributed by atoms with van der Waals surface area (Å²) in [5.41, 5.74) is 5.95. The minimum atomic E-state index is -0.953. The predicted octanol–water partition coefficient (Wildman–Crippen LogP) is 3.69. The molecule has 0 bridgehead atoms. The minimum Gasteiger partial charge on any atom is -0.389 e. The van der Waals surface area contributed by atoms with Crippen LogP contribution in [0.15, 0.2) is 70.9 Å². The van der Waals surface area contributed by atoms with Gasteiger partial charge in [-0.3, -0.25) is 19.1 Å². The largest absolute Gasteiger partial charge is 0.389 e. The fourth-order valence-corrected chi connectivity index (χ4v) is 7.66. The SMILES string of the molecule is CC(O)c1c(-c2cc(Nc3ccc(N4CCN(C5COC5)CC4)cn3)c(=O)n(C)c2)ccnc1-n1ccn2c3c(cc2c1=O)CC(C)(C)C3. The Morgan fingerprint density at radius 2 is 1.80 bits per heavy atom. The standard InChI is InChI=1S/C37H42N8O4/c1-23(46)33-28(7-8-38-34(33)45-14-13-44-30(36(45)48)16-24-17-37(2,3)18-31(24)44)25-15-29(35(47)41(4)20-25)40-32-6-5-26(19-39-32)42-9-11-43(12-10-42)27-21-49-22-27/h5-8,13-16,19-20,23,27,46H,9-12,17-18,21-22H2,1-4H3,(H,39,40). The molecule has 3 aliphatic rings. The number of hydrogen-bond acceptors (Lipinski definition) is 9. The third-order valence-electron chi connectivity index (χ3n) is 10.3. The summed E-state index contributed by atoms with van der Waals surface area (Å²) in [5, 5.41) is 14.3. The average Bonchev–Trinajstić information content (AvgIpc) is 3.55. The number of aliphatic hydroxyl groups excluding tert-OH is 1. The highest BCUT2D eigenvalue weighted by Gasteiger charge is 2.32. The summed E-state index contributed by atoms with van der Waals surface area (Å²) in [4.78, 5) is 41.3. The Morgan fingerprint density at radius 1 is 1.00 bits per heavy atom. The molecule has 49 heavy (non-hydrogen) atoms. The normalized spacial score (nSPS) is 18.4. The molecular formula is C37H42N8O4. The molecule has 254 valence electrons. The fourth-order valence-electron chi connectivity index (χ4n) is 7.66. The molecule has 8 rings (SSSR count). The maximum Gasteiger partial charge on any atom is 0.280 e. The van der Waals surface area contributed by atoms with Gasteiger partial charge in [0.2, 0.25) is 0 Å². The summed E-state index contributed by atoms with van der Waals surface area (Å²) in [5.74, 6) is 0.904. The van der Waals surface area contributed by atoms with Crippen LogP contribution in [0.2, 0.25) is 0 Å². The Kier molecular flexibility index (Phi) is 7.69. The zero-order chi connectivity index (χ0) is 34.0. The zero-order valence-electron chi connectivity index (χ0n) is 28.4.